The second-order valence-electron chi connectivity index (χ2n) is 9.92. The van der Waals surface area contributed by atoms with E-state index in [1.165, 1.54) is 0 Å². The summed E-state index contributed by atoms with van der Waals surface area (Å²) in [6.45, 7) is 6.23. The lowest BCUT2D eigenvalue weighted by atomic mass is 9.90. The van der Waals surface area contributed by atoms with E-state index in [4.69, 9.17) is 4.74 Å². The molecule has 1 N–H and O–H groups in total. The number of amides is 1. The zero-order valence-electron chi connectivity index (χ0n) is 20.7. The van der Waals surface area contributed by atoms with Gasteiger partial charge in [0.05, 0.1) is 6.04 Å². The van der Waals surface area contributed by atoms with Gasteiger partial charge in [-0.05, 0) is 57.4 Å². The summed E-state index contributed by atoms with van der Waals surface area (Å²) in [5.41, 5.74) is -0.380. The number of nitrogens with one attached hydrogen (secondary N) is 1. The minimum Gasteiger partial charge on any atom is -0.444 e. The van der Waals surface area contributed by atoms with E-state index in [9.17, 15) is 26.7 Å². The fourth-order valence-electron chi connectivity index (χ4n) is 4.25. The highest BCUT2D eigenvalue weighted by molar-refractivity contribution is 5.69. The molecular weight excluding hydrogens is 483 g/mol. The number of carbonyl (C=O) groups excluding carboxylic acids is 1. The lowest BCUT2D eigenvalue weighted by Crippen LogP contribution is -2.51. The summed E-state index contributed by atoms with van der Waals surface area (Å²) in [6, 6.07) is 11.2. The Bertz CT molecular complexity index is 1030. The quantitative estimate of drug-likeness (QED) is 0.425. The number of hydrogen-bond donors (Lipinski definition) is 1. The van der Waals surface area contributed by atoms with Crippen LogP contribution in [0.4, 0.5) is 26.7 Å². The summed E-state index contributed by atoms with van der Waals surface area (Å²) in [5.74, 6) is -3.80. The van der Waals surface area contributed by atoms with Gasteiger partial charge >= 0.3 is 12.5 Å². The number of piperidine rings is 1. The first-order chi connectivity index (χ1) is 16.6. The van der Waals surface area contributed by atoms with Crippen molar-refractivity contribution in [1.82, 2.24) is 10.2 Å². The monoisotopic (exact) mass is 514 g/mol. The topological polar surface area (TPSA) is 50.8 Å². The Hall–Kier alpha value is -2.88. The van der Waals surface area contributed by atoms with E-state index in [0.717, 1.165) is 23.8 Å². The molecule has 1 fully saturated rings. The third kappa shape index (κ3) is 7.56. The molecule has 5 nitrogen and oxygen atoms in total. The zero-order valence-corrected chi connectivity index (χ0v) is 20.7. The van der Waals surface area contributed by atoms with Crippen LogP contribution in [0.5, 0.6) is 5.75 Å². The van der Waals surface area contributed by atoms with Gasteiger partial charge in [0.1, 0.15) is 11.4 Å². The molecule has 0 bridgehead atoms. The van der Waals surface area contributed by atoms with E-state index in [-0.39, 0.29) is 18.2 Å². The number of alkyl halides is 5. The van der Waals surface area contributed by atoms with Crippen molar-refractivity contribution in [2.45, 2.75) is 77.1 Å². The van der Waals surface area contributed by atoms with Gasteiger partial charge in [-0.2, -0.15) is 0 Å². The summed E-state index contributed by atoms with van der Waals surface area (Å²) in [4.78, 5) is 14.6. The van der Waals surface area contributed by atoms with Crippen LogP contribution in [0, 0.1) is 0 Å². The summed E-state index contributed by atoms with van der Waals surface area (Å²) in [6.07, 6.45) is -4.25. The Morgan fingerprint density at radius 3 is 2.28 bits per heavy atom. The molecule has 2 aromatic carbocycles. The number of halogens is 5. The lowest BCUT2D eigenvalue weighted by Gasteiger charge is -2.42. The third-order valence-corrected chi connectivity index (χ3v) is 5.75. The molecule has 3 rings (SSSR count). The molecular formula is C26H31F5N2O3. The molecule has 0 saturated carbocycles. The van der Waals surface area contributed by atoms with Crippen LogP contribution in [0.2, 0.25) is 0 Å². The van der Waals surface area contributed by atoms with E-state index in [2.05, 4.69) is 10.1 Å². The fraction of sp³-hybridized carbons (Fsp3) is 0.500. The van der Waals surface area contributed by atoms with Gasteiger partial charge in [0.15, 0.2) is 0 Å². The first-order valence-corrected chi connectivity index (χ1v) is 11.7. The molecule has 1 aliphatic rings. The minimum atomic E-state index is -4.98. The van der Waals surface area contributed by atoms with Crippen molar-refractivity contribution >= 4 is 6.09 Å². The molecule has 2 aromatic rings. The molecule has 0 radical (unpaired) electrons. The molecule has 198 valence electrons. The standard InChI is InChI=1S/C26H31F5N2O3/c1-24(2,3)36-23(34)33-14-8-11-20(22(33)17-9-6-5-7-10-17)32-16-18-15-19(25(4,27)28)12-13-21(18)35-26(29,30)31/h5-7,9-10,12-13,15,20,22,32H,8,11,14,16H2,1-4H3. The third-order valence-electron chi connectivity index (χ3n) is 5.75. The molecule has 1 amide bonds. The first-order valence-electron chi connectivity index (χ1n) is 11.7. The highest BCUT2D eigenvalue weighted by Gasteiger charge is 2.38. The van der Waals surface area contributed by atoms with Crippen LogP contribution in [-0.2, 0) is 17.2 Å². The van der Waals surface area contributed by atoms with E-state index < -0.39 is 41.3 Å². The molecule has 0 spiro atoms. The Balaban J connectivity index is 1.91. The number of carbonyl (C=O) groups is 1. The molecule has 1 aliphatic heterocycles. The van der Waals surface area contributed by atoms with E-state index in [1.54, 1.807) is 25.7 Å². The number of rotatable bonds is 6. The maximum atomic E-state index is 13.9. The Morgan fingerprint density at radius 1 is 1.03 bits per heavy atom. The number of ether oxygens (including phenoxy) is 2. The van der Waals surface area contributed by atoms with Crippen LogP contribution in [0.3, 0.4) is 0 Å². The van der Waals surface area contributed by atoms with E-state index >= 15 is 0 Å². The largest absolute Gasteiger partial charge is 0.573 e. The molecule has 2 unspecified atom stereocenters. The first kappa shape index (κ1) is 27.7. The maximum Gasteiger partial charge on any atom is 0.573 e. The second kappa shape index (κ2) is 10.6. The minimum absolute atomic E-state index is 0.0625. The number of hydrogen-bond acceptors (Lipinski definition) is 4. The average molecular weight is 515 g/mol. The summed E-state index contributed by atoms with van der Waals surface area (Å²) in [7, 11) is 0. The van der Waals surface area contributed by atoms with Crippen molar-refractivity contribution in [1.29, 1.82) is 0 Å². The molecule has 2 atom stereocenters. The van der Waals surface area contributed by atoms with Crippen LogP contribution in [0.15, 0.2) is 48.5 Å². The highest BCUT2D eigenvalue weighted by Crippen LogP contribution is 2.36. The second-order valence-corrected chi connectivity index (χ2v) is 9.92. The number of benzene rings is 2. The van der Waals surface area contributed by atoms with Crippen molar-refractivity contribution in [3.63, 3.8) is 0 Å². The van der Waals surface area contributed by atoms with Gasteiger partial charge in [-0.1, -0.05) is 30.3 Å². The Kier molecular flexibility index (Phi) is 8.17. The van der Waals surface area contributed by atoms with Crippen molar-refractivity contribution in [3.05, 3.63) is 65.2 Å². The van der Waals surface area contributed by atoms with Crippen LogP contribution >= 0.6 is 0 Å². The lowest BCUT2D eigenvalue weighted by molar-refractivity contribution is -0.274. The summed E-state index contributed by atoms with van der Waals surface area (Å²) >= 11 is 0. The number of nitrogens with zero attached hydrogens (tertiary/aromatic N) is 1. The van der Waals surface area contributed by atoms with Crippen molar-refractivity contribution in [2.24, 2.45) is 0 Å². The fourth-order valence-corrected chi connectivity index (χ4v) is 4.25. The van der Waals surface area contributed by atoms with Crippen molar-refractivity contribution in [2.75, 3.05) is 6.54 Å². The molecule has 36 heavy (non-hydrogen) atoms. The average Bonchev–Trinajstić information content (AvgIpc) is 2.75. The predicted molar refractivity (Wildman–Crippen MR) is 125 cm³/mol. The van der Waals surface area contributed by atoms with Gasteiger partial charge in [-0.15, -0.1) is 13.2 Å². The smallest absolute Gasteiger partial charge is 0.444 e. The molecule has 1 heterocycles. The number of likely N-dealkylation sites (tertiary alicyclic amines) is 1. The normalized spacial score (nSPS) is 19.2. The van der Waals surface area contributed by atoms with Crippen LogP contribution in [0.1, 0.15) is 63.3 Å². The van der Waals surface area contributed by atoms with Gasteiger partial charge in [-0.3, -0.25) is 4.90 Å². The molecule has 0 aliphatic carbocycles. The van der Waals surface area contributed by atoms with Gasteiger partial charge in [-0.25, -0.2) is 13.6 Å². The highest BCUT2D eigenvalue weighted by atomic mass is 19.4. The molecule has 0 aromatic heterocycles. The van der Waals surface area contributed by atoms with Gasteiger partial charge in [0.2, 0.25) is 0 Å². The molecule has 10 heteroatoms. The zero-order chi connectivity index (χ0) is 26.7. The van der Waals surface area contributed by atoms with Crippen molar-refractivity contribution < 1.29 is 36.2 Å². The van der Waals surface area contributed by atoms with Crippen LogP contribution in [-0.4, -0.2) is 35.5 Å². The van der Waals surface area contributed by atoms with E-state index in [0.29, 0.717) is 26.3 Å². The predicted octanol–water partition coefficient (Wildman–Crippen LogP) is 6.93. The molecule has 1 saturated heterocycles. The van der Waals surface area contributed by atoms with Gasteiger partial charge in [0, 0.05) is 37.2 Å². The Labute approximate surface area is 207 Å². The van der Waals surface area contributed by atoms with E-state index in [1.807, 2.05) is 30.3 Å². The summed E-state index contributed by atoms with van der Waals surface area (Å²) < 4.78 is 76.4. The van der Waals surface area contributed by atoms with Gasteiger partial charge < -0.3 is 14.8 Å². The summed E-state index contributed by atoms with van der Waals surface area (Å²) in [5, 5.41) is 3.20. The maximum absolute atomic E-state index is 13.9. The van der Waals surface area contributed by atoms with Gasteiger partial charge in [0.25, 0.3) is 5.92 Å². The Morgan fingerprint density at radius 2 is 1.69 bits per heavy atom. The van der Waals surface area contributed by atoms with Crippen LogP contribution in [0.25, 0.3) is 0 Å². The van der Waals surface area contributed by atoms with Crippen LogP contribution < -0.4 is 10.1 Å². The SMILES string of the molecule is CC(C)(C)OC(=O)N1CCCC(NCc2cc(C(C)(F)F)ccc2OC(F)(F)F)C1c1ccccc1. The van der Waals surface area contributed by atoms with Crippen molar-refractivity contribution in [3.8, 4) is 5.75 Å².